The van der Waals surface area contributed by atoms with Crippen LogP contribution in [0.5, 0.6) is 0 Å². The van der Waals surface area contributed by atoms with E-state index in [-0.39, 0.29) is 13.0 Å². The van der Waals surface area contributed by atoms with E-state index in [2.05, 4.69) is 24.1 Å². The molecule has 0 bridgehead atoms. The summed E-state index contributed by atoms with van der Waals surface area (Å²) in [5.41, 5.74) is 3.81. The molecule has 0 spiro atoms. The van der Waals surface area contributed by atoms with Gasteiger partial charge in [-0.3, -0.25) is 4.79 Å². The highest BCUT2D eigenvalue weighted by atomic mass is 16.5. The van der Waals surface area contributed by atoms with Gasteiger partial charge >= 0.3 is 17.7 Å². The molecule has 8 nitrogen and oxygen atoms in total. The molecule has 0 atom stereocenters. The maximum atomic E-state index is 12.1. The Balaban J connectivity index is 1.50. The molecule has 0 saturated carbocycles. The largest absolute Gasteiger partial charge is 0.481 e. The van der Waals surface area contributed by atoms with Crippen molar-refractivity contribution in [3.05, 3.63) is 75.6 Å². The molecule has 2 aromatic carbocycles. The number of hydrogen-bond donors (Lipinski definition) is 2. The number of anilines is 1. The van der Waals surface area contributed by atoms with Crippen molar-refractivity contribution in [2.75, 3.05) is 24.6 Å². The van der Waals surface area contributed by atoms with Gasteiger partial charge in [0.15, 0.2) is 0 Å². The first kappa shape index (κ1) is 25.8. The Bertz CT molecular complexity index is 1220. The summed E-state index contributed by atoms with van der Waals surface area (Å²) in [5, 5.41) is 12.4. The molecule has 3 rings (SSSR count). The number of alkyl carbamates (subject to hydrolysis) is 1. The van der Waals surface area contributed by atoms with E-state index in [1.54, 1.807) is 0 Å². The summed E-state index contributed by atoms with van der Waals surface area (Å²) in [6, 6.07) is 14.8. The Morgan fingerprint density at radius 2 is 1.80 bits per heavy atom. The number of aryl methyl sites for hydroxylation is 2. The van der Waals surface area contributed by atoms with E-state index in [0.717, 1.165) is 40.9 Å². The molecule has 2 N–H and O–H groups in total. The van der Waals surface area contributed by atoms with Crippen LogP contribution in [0, 0.1) is 0 Å². The zero-order valence-corrected chi connectivity index (χ0v) is 20.2. The number of hydrogen-bond acceptors (Lipinski definition) is 6. The van der Waals surface area contributed by atoms with Crippen LogP contribution in [-0.4, -0.2) is 36.9 Å². The number of benzene rings is 2. The summed E-state index contributed by atoms with van der Waals surface area (Å²) in [4.78, 5) is 37.1. The zero-order chi connectivity index (χ0) is 25.2. The minimum absolute atomic E-state index is 0.0641. The molecule has 0 aliphatic heterocycles. The lowest BCUT2D eigenvalue weighted by atomic mass is 10.0. The van der Waals surface area contributed by atoms with Crippen molar-refractivity contribution in [1.29, 1.82) is 0 Å². The van der Waals surface area contributed by atoms with Crippen LogP contribution in [0.25, 0.3) is 11.0 Å². The van der Waals surface area contributed by atoms with Crippen LogP contribution in [0.2, 0.25) is 0 Å². The number of amides is 1. The summed E-state index contributed by atoms with van der Waals surface area (Å²) in [6.45, 7) is 6.39. The summed E-state index contributed by atoms with van der Waals surface area (Å²) in [5.74, 6) is -0.842. The lowest BCUT2D eigenvalue weighted by molar-refractivity contribution is -0.136. The van der Waals surface area contributed by atoms with Crippen LogP contribution < -0.4 is 15.8 Å². The van der Waals surface area contributed by atoms with Crippen molar-refractivity contribution in [3.8, 4) is 0 Å². The normalized spacial score (nSPS) is 10.8. The van der Waals surface area contributed by atoms with E-state index < -0.39 is 17.7 Å². The standard InChI is InChI=1S/C27H32N2O6/c1-3-29(4-2)22-11-12-23-21(16-26(32)35-24(23)17-22)9-6-14-34-27(33)28-18-20-8-5-7-19(15-20)10-13-25(30)31/h5,7-8,11-12,15-17H,3-4,6,9-10,13-14,18H2,1-2H3,(H,28,33)(H,30,31). The second kappa shape index (κ2) is 12.6. The number of nitrogens with one attached hydrogen (secondary N) is 1. The predicted molar refractivity (Wildman–Crippen MR) is 135 cm³/mol. The Kier molecular flexibility index (Phi) is 9.29. The van der Waals surface area contributed by atoms with E-state index >= 15 is 0 Å². The Hall–Kier alpha value is -3.81. The van der Waals surface area contributed by atoms with Crippen molar-refractivity contribution in [2.45, 2.75) is 46.1 Å². The van der Waals surface area contributed by atoms with E-state index in [1.165, 1.54) is 6.07 Å². The van der Waals surface area contributed by atoms with Gasteiger partial charge in [-0.25, -0.2) is 9.59 Å². The number of ether oxygens (including phenoxy) is 1. The molecular formula is C27H32N2O6. The highest BCUT2D eigenvalue weighted by Gasteiger charge is 2.10. The number of aliphatic carboxylic acids is 1. The van der Waals surface area contributed by atoms with Crippen molar-refractivity contribution in [2.24, 2.45) is 0 Å². The van der Waals surface area contributed by atoms with Gasteiger partial charge in [0.25, 0.3) is 0 Å². The molecule has 0 aliphatic rings. The van der Waals surface area contributed by atoms with Crippen LogP contribution in [0.15, 0.2) is 57.7 Å². The van der Waals surface area contributed by atoms with Gasteiger partial charge in [-0.05, 0) is 61.9 Å². The quantitative estimate of drug-likeness (QED) is 0.290. The van der Waals surface area contributed by atoms with Gasteiger partial charge in [0.05, 0.1) is 6.61 Å². The molecule has 0 aliphatic carbocycles. The summed E-state index contributed by atoms with van der Waals surface area (Å²) in [7, 11) is 0. The lowest BCUT2D eigenvalue weighted by Gasteiger charge is -2.21. The van der Waals surface area contributed by atoms with Crippen molar-refractivity contribution >= 4 is 28.7 Å². The molecular weight excluding hydrogens is 448 g/mol. The number of nitrogens with zero attached hydrogens (tertiary/aromatic N) is 1. The molecule has 8 heteroatoms. The second-order valence-corrected chi connectivity index (χ2v) is 8.25. The topological polar surface area (TPSA) is 109 Å². The van der Waals surface area contributed by atoms with Crippen molar-refractivity contribution in [1.82, 2.24) is 5.32 Å². The first-order valence-electron chi connectivity index (χ1n) is 11.9. The molecule has 0 unspecified atom stereocenters. The van der Waals surface area contributed by atoms with Crippen LogP contribution >= 0.6 is 0 Å². The molecule has 1 aromatic heterocycles. The molecule has 0 saturated heterocycles. The first-order valence-corrected chi connectivity index (χ1v) is 11.9. The molecule has 0 radical (unpaired) electrons. The fourth-order valence-corrected chi connectivity index (χ4v) is 4.01. The second-order valence-electron chi connectivity index (χ2n) is 8.25. The fraction of sp³-hybridized carbons (Fsp3) is 0.370. The zero-order valence-electron chi connectivity index (χ0n) is 20.2. The average molecular weight is 481 g/mol. The monoisotopic (exact) mass is 480 g/mol. The molecule has 1 heterocycles. The molecule has 35 heavy (non-hydrogen) atoms. The number of fused-ring (bicyclic) bond motifs is 1. The van der Waals surface area contributed by atoms with Crippen molar-refractivity contribution < 1.29 is 23.8 Å². The predicted octanol–water partition coefficient (Wildman–Crippen LogP) is 4.52. The van der Waals surface area contributed by atoms with Gasteiger partial charge in [-0.2, -0.15) is 0 Å². The number of carbonyl (C=O) groups is 2. The van der Waals surface area contributed by atoms with Gasteiger partial charge in [0, 0.05) is 49.3 Å². The average Bonchev–Trinajstić information content (AvgIpc) is 2.84. The fourth-order valence-electron chi connectivity index (χ4n) is 4.01. The van der Waals surface area contributed by atoms with Gasteiger partial charge in [-0.15, -0.1) is 0 Å². The van der Waals surface area contributed by atoms with Gasteiger partial charge in [-0.1, -0.05) is 24.3 Å². The minimum Gasteiger partial charge on any atom is -0.481 e. The molecule has 0 fully saturated rings. The summed E-state index contributed by atoms with van der Waals surface area (Å²) in [6.07, 6.45) is 1.12. The smallest absolute Gasteiger partial charge is 0.407 e. The van der Waals surface area contributed by atoms with E-state index in [9.17, 15) is 14.4 Å². The van der Waals surface area contributed by atoms with Gasteiger partial charge < -0.3 is 24.5 Å². The number of carboxylic acid groups (broad SMARTS) is 1. The highest BCUT2D eigenvalue weighted by Crippen LogP contribution is 2.24. The molecule has 3 aromatic rings. The first-order chi connectivity index (χ1) is 16.9. The van der Waals surface area contributed by atoms with Crippen LogP contribution in [0.3, 0.4) is 0 Å². The molecule has 1 amide bonds. The van der Waals surface area contributed by atoms with E-state index in [1.807, 2.05) is 42.5 Å². The molecule has 186 valence electrons. The third-order valence-corrected chi connectivity index (χ3v) is 5.82. The number of rotatable bonds is 12. The van der Waals surface area contributed by atoms with Crippen LogP contribution in [0.4, 0.5) is 10.5 Å². The number of carboxylic acids is 1. The van der Waals surface area contributed by atoms with Gasteiger partial charge in [0.2, 0.25) is 0 Å². The van der Waals surface area contributed by atoms with Crippen LogP contribution in [0.1, 0.15) is 43.4 Å². The minimum atomic E-state index is -0.842. The highest BCUT2D eigenvalue weighted by molar-refractivity contribution is 5.83. The summed E-state index contributed by atoms with van der Waals surface area (Å²) < 4.78 is 10.7. The third kappa shape index (κ3) is 7.60. The Labute approximate surface area is 204 Å². The SMILES string of the molecule is CCN(CC)c1ccc2c(CCCOC(=O)NCc3cccc(CCC(=O)O)c3)cc(=O)oc2c1. The lowest BCUT2D eigenvalue weighted by Crippen LogP contribution is -2.24. The van der Waals surface area contributed by atoms with Crippen LogP contribution in [-0.2, 0) is 28.9 Å². The Morgan fingerprint density at radius 1 is 1.03 bits per heavy atom. The maximum Gasteiger partial charge on any atom is 0.407 e. The number of carbonyl (C=O) groups excluding carboxylic acids is 1. The third-order valence-electron chi connectivity index (χ3n) is 5.82. The van der Waals surface area contributed by atoms with E-state index in [0.29, 0.717) is 31.4 Å². The Morgan fingerprint density at radius 3 is 2.54 bits per heavy atom. The maximum absolute atomic E-state index is 12.1. The van der Waals surface area contributed by atoms with Gasteiger partial charge in [0.1, 0.15) is 5.58 Å². The summed E-state index contributed by atoms with van der Waals surface area (Å²) >= 11 is 0. The van der Waals surface area contributed by atoms with Crippen molar-refractivity contribution in [3.63, 3.8) is 0 Å². The van der Waals surface area contributed by atoms with E-state index in [4.69, 9.17) is 14.3 Å².